The number of fused-ring (bicyclic) bond motifs is 1. The first-order valence-electron chi connectivity index (χ1n) is 24.0. The standard InChI is InChI=1S/C54H53N7O14S3/c1-35(2)50(51(62)55-46(52(63)72-5)31-36-15-21-43(22-16-36)73-29-30-75-78(68,69)49-14-10-9-13-47(49)61(64)65)60-33-40(57-59-60)34-74-44-27-28-45-48(32-44)76-53(56-45)77(66,67)58-54(37-11-7-6-8-12-37,38-17-23-41(70-3)24-18-38)39-19-25-42(71-4)26-20-39/h6-28,32-33,35,46,50,58H,29-31,34H2,1-5H3,(H,55,62)/t46?,50-/m0/s1. The third kappa shape index (κ3) is 12.8. The number of nitrogens with zero attached hydrogens (tertiary/aromatic N) is 5. The molecule has 8 aromatic rings. The molecule has 2 atom stereocenters. The SMILES string of the molecule is COC(=O)C(Cc1ccc(OCCOS(=O)(=O)c2ccccc2[N+](=O)[O-])cc1)NC(=O)[C@H](C(C)C)n1cc(COc2ccc3nc(S(=O)(=O)NC(c4ccccc4)(c4ccc(OC)cc4)c4ccc(OC)cc4)sc3c2)nn1. The van der Waals surface area contributed by atoms with Crippen molar-refractivity contribution in [1.29, 1.82) is 0 Å². The van der Waals surface area contributed by atoms with E-state index in [0.29, 0.717) is 61.2 Å². The number of nitrogens with one attached hydrogen (secondary N) is 2. The van der Waals surface area contributed by atoms with Crippen LogP contribution in [0.4, 0.5) is 5.69 Å². The molecule has 0 radical (unpaired) electrons. The van der Waals surface area contributed by atoms with Crippen LogP contribution >= 0.6 is 11.3 Å². The Morgan fingerprint density at radius 1 is 0.744 bits per heavy atom. The second-order valence-corrected chi connectivity index (χ2v) is 22.2. The molecule has 0 aliphatic rings. The van der Waals surface area contributed by atoms with Crippen molar-refractivity contribution in [2.24, 2.45) is 5.92 Å². The summed E-state index contributed by atoms with van der Waals surface area (Å²) < 4.78 is 92.0. The van der Waals surface area contributed by atoms with Gasteiger partial charge in [0.05, 0.1) is 42.7 Å². The summed E-state index contributed by atoms with van der Waals surface area (Å²) in [5.74, 6) is 0.375. The summed E-state index contributed by atoms with van der Waals surface area (Å²) in [5, 5.41) is 22.6. The molecule has 406 valence electrons. The molecule has 24 heteroatoms. The average Bonchev–Trinajstić information content (AvgIpc) is 4.11. The van der Waals surface area contributed by atoms with Gasteiger partial charge in [0.25, 0.3) is 15.7 Å². The number of benzene rings is 6. The molecule has 0 fully saturated rings. The third-order valence-corrected chi connectivity index (χ3v) is 16.5. The largest absolute Gasteiger partial charge is 0.497 e. The van der Waals surface area contributed by atoms with Crippen molar-refractivity contribution in [3.8, 4) is 23.0 Å². The molecule has 2 N–H and O–H groups in total. The lowest BCUT2D eigenvalue weighted by Gasteiger charge is -2.36. The first-order valence-corrected chi connectivity index (χ1v) is 27.7. The highest BCUT2D eigenvalue weighted by Gasteiger charge is 2.42. The normalized spacial score (nSPS) is 12.6. The molecular weight excluding hydrogens is 1070 g/mol. The summed E-state index contributed by atoms with van der Waals surface area (Å²) in [6.07, 6.45) is 1.60. The molecule has 1 unspecified atom stereocenters. The van der Waals surface area contributed by atoms with Gasteiger partial charge in [0, 0.05) is 12.5 Å². The molecule has 78 heavy (non-hydrogen) atoms. The third-order valence-electron chi connectivity index (χ3n) is 12.3. The number of carbonyl (C=O) groups excluding carboxylic acids is 2. The van der Waals surface area contributed by atoms with Gasteiger partial charge in [-0.3, -0.25) is 19.1 Å². The second-order valence-electron chi connectivity index (χ2n) is 17.7. The Morgan fingerprint density at radius 2 is 1.35 bits per heavy atom. The zero-order valence-corrected chi connectivity index (χ0v) is 45.1. The van der Waals surface area contributed by atoms with Gasteiger partial charge in [-0.05, 0) is 88.8 Å². The molecule has 8 rings (SSSR count). The monoisotopic (exact) mass is 1120 g/mol. The zero-order valence-electron chi connectivity index (χ0n) is 42.7. The predicted molar refractivity (Wildman–Crippen MR) is 286 cm³/mol. The summed E-state index contributed by atoms with van der Waals surface area (Å²) in [5.41, 5.74) is 1.29. The lowest BCUT2D eigenvalue weighted by molar-refractivity contribution is -0.387. The van der Waals surface area contributed by atoms with E-state index in [0.717, 1.165) is 23.5 Å². The lowest BCUT2D eigenvalue weighted by atomic mass is 9.78. The van der Waals surface area contributed by atoms with Crippen LogP contribution in [0.15, 0.2) is 161 Å². The topological polar surface area (TPSA) is 269 Å². The van der Waals surface area contributed by atoms with Crippen LogP contribution in [0.25, 0.3) is 10.2 Å². The quantitative estimate of drug-likeness (QED) is 0.0140. The highest BCUT2D eigenvalue weighted by Crippen LogP contribution is 2.41. The number of ether oxygens (including phenoxy) is 5. The molecule has 21 nitrogen and oxygen atoms in total. The Labute approximate surface area is 453 Å². The summed E-state index contributed by atoms with van der Waals surface area (Å²) in [4.78, 5) is 41.4. The molecule has 0 spiro atoms. The molecule has 1 amide bonds. The maximum atomic E-state index is 14.7. The Hall–Kier alpha value is -8.29. The van der Waals surface area contributed by atoms with E-state index in [9.17, 15) is 36.5 Å². The zero-order chi connectivity index (χ0) is 55.6. The number of para-hydroxylation sites is 1. The van der Waals surface area contributed by atoms with Crippen LogP contribution in [0.2, 0.25) is 0 Å². The number of nitro benzene ring substituents is 1. The van der Waals surface area contributed by atoms with Gasteiger partial charge >= 0.3 is 16.1 Å². The summed E-state index contributed by atoms with van der Waals surface area (Å²) in [6.45, 7) is 2.92. The summed E-state index contributed by atoms with van der Waals surface area (Å²) in [6, 6.07) is 37.9. The van der Waals surface area contributed by atoms with Crippen molar-refractivity contribution in [1.82, 2.24) is 30.0 Å². The van der Waals surface area contributed by atoms with Gasteiger partial charge < -0.3 is 29.0 Å². The van der Waals surface area contributed by atoms with E-state index >= 15 is 0 Å². The highest BCUT2D eigenvalue weighted by atomic mass is 32.2. The van der Waals surface area contributed by atoms with E-state index in [-0.39, 0.29) is 29.9 Å². The van der Waals surface area contributed by atoms with Crippen LogP contribution in [0.5, 0.6) is 23.0 Å². The number of aromatic nitrogens is 4. The number of sulfonamides is 1. The predicted octanol–water partition coefficient (Wildman–Crippen LogP) is 7.54. The molecule has 0 aliphatic heterocycles. The number of nitro groups is 1. The Morgan fingerprint density at radius 3 is 1.96 bits per heavy atom. The fourth-order valence-corrected chi connectivity index (χ4v) is 12.2. The van der Waals surface area contributed by atoms with E-state index in [2.05, 4.69) is 25.3 Å². The van der Waals surface area contributed by atoms with Gasteiger partial charge in [0.2, 0.25) is 10.2 Å². The minimum atomic E-state index is -4.44. The summed E-state index contributed by atoms with van der Waals surface area (Å²) in [7, 11) is -4.47. The maximum Gasteiger partial charge on any atom is 0.328 e. The van der Waals surface area contributed by atoms with Crippen molar-refractivity contribution in [3.05, 3.63) is 190 Å². The van der Waals surface area contributed by atoms with Gasteiger partial charge in [-0.25, -0.2) is 22.9 Å². The van der Waals surface area contributed by atoms with Crippen LogP contribution in [0, 0.1) is 16.0 Å². The smallest absolute Gasteiger partial charge is 0.328 e. The maximum absolute atomic E-state index is 14.7. The Bertz CT molecular complexity index is 3570. The molecule has 0 saturated heterocycles. The van der Waals surface area contributed by atoms with Crippen LogP contribution in [-0.2, 0) is 57.2 Å². The van der Waals surface area contributed by atoms with E-state index in [1.807, 2.05) is 68.4 Å². The number of methoxy groups -OCH3 is 3. The second kappa shape index (κ2) is 24.4. The van der Waals surface area contributed by atoms with Crippen molar-refractivity contribution >= 4 is 59.3 Å². The number of carbonyl (C=O) groups is 2. The van der Waals surface area contributed by atoms with Gasteiger partial charge in [-0.2, -0.15) is 13.1 Å². The number of hydrogen-bond donors (Lipinski definition) is 2. The van der Waals surface area contributed by atoms with Gasteiger partial charge in [0.15, 0.2) is 4.90 Å². The lowest BCUT2D eigenvalue weighted by Crippen LogP contribution is -2.47. The molecule has 0 bridgehead atoms. The van der Waals surface area contributed by atoms with Crippen LogP contribution in [0.3, 0.4) is 0 Å². The molecule has 6 aromatic carbocycles. The van der Waals surface area contributed by atoms with Crippen molar-refractivity contribution in [2.45, 2.75) is 53.7 Å². The molecule has 2 aromatic heterocycles. The molecular formula is C54H53N7O14S3. The van der Waals surface area contributed by atoms with Gasteiger partial charge in [0.1, 0.15) is 66.1 Å². The van der Waals surface area contributed by atoms with Crippen molar-refractivity contribution in [2.75, 3.05) is 34.5 Å². The number of hydrogen-bond acceptors (Lipinski definition) is 18. The number of rotatable bonds is 25. The first-order chi connectivity index (χ1) is 37.4. The van der Waals surface area contributed by atoms with E-state index in [1.165, 1.54) is 23.9 Å². The van der Waals surface area contributed by atoms with Crippen LogP contribution in [-0.4, -0.2) is 94.2 Å². The summed E-state index contributed by atoms with van der Waals surface area (Å²) >= 11 is 0.974. The van der Waals surface area contributed by atoms with E-state index in [1.54, 1.807) is 87.1 Å². The number of thiazole rings is 1. The van der Waals surface area contributed by atoms with Crippen LogP contribution < -0.4 is 29.0 Å². The van der Waals surface area contributed by atoms with E-state index in [4.69, 9.17) is 27.9 Å². The van der Waals surface area contributed by atoms with Crippen molar-refractivity contribution < 1.29 is 59.2 Å². The highest BCUT2D eigenvalue weighted by molar-refractivity contribution is 7.91. The van der Waals surface area contributed by atoms with Gasteiger partial charge in [-0.15, -0.1) is 16.4 Å². The van der Waals surface area contributed by atoms with E-state index < -0.39 is 71.8 Å². The number of amides is 1. The van der Waals surface area contributed by atoms with Crippen molar-refractivity contribution in [3.63, 3.8) is 0 Å². The fraction of sp³-hybridized carbons (Fsp3) is 0.241. The Kier molecular flexibility index (Phi) is 17.5. The fourth-order valence-electron chi connectivity index (χ4n) is 8.52. The average molecular weight is 1120 g/mol. The first kappa shape index (κ1) is 55.9. The molecule has 0 saturated carbocycles. The number of esters is 1. The van der Waals surface area contributed by atoms with Gasteiger partial charge in [-0.1, -0.05) is 97.9 Å². The Balaban J connectivity index is 0.915. The molecule has 2 heterocycles. The minimum absolute atomic E-state index is 0.0348. The molecule has 0 aliphatic carbocycles. The van der Waals surface area contributed by atoms with Crippen LogP contribution in [0.1, 0.15) is 47.8 Å². The minimum Gasteiger partial charge on any atom is -0.497 e.